The third-order valence-electron chi connectivity index (χ3n) is 2.46. The van der Waals surface area contributed by atoms with Gasteiger partial charge in [0.15, 0.2) is 11.5 Å². The van der Waals surface area contributed by atoms with Crippen LogP contribution in [0.1, 0.15) is 5.56 Å². The number of benzene rings is 1. The molecule has 0 unspecified atom stereocenters. The van der Waals surface area contributed by atoms with Crippen LogP contribution in [0.4, 0.5) is 10.9 Å². The van der Waals surface area contributed by atoms with Crippen LogP contribution in [-0.4, -0.2) is 24.4 Å². The van der Waals surface area contributed by atoms with Gasteiger partial charge in [0.25, 0.3) is 0 Å². The molecule has 7 heteroatoms. The molecule has 0 atom stereocenters. The van der Waals surface area contributed by atoms with Crippen LogP contribution < -0.4 is 20.6 Å². The SMILES string of the molecule is Nc1csc(NN=Cc2ccc3c(c2)OCCO3)n1. The fourth-order valence-corrected chi connectivity index (χ4v) is 2.19. The molecule has 0 saturated heterocycles. The van der Waals surface area contributed by atoms with Crippen molar-refractivity contribution in [2.75, 3.05) is 24.4 Å². The van der Waals surface area contributed by atoms with Crippen molar-refractivity contribution in [2.24, 2.45) is 5.10 Å². The van der Waals surface area contributed by atoms with Gasteiger partial charge >= 0.3 is 0 Å². The van der Waals surface area contributed by atoms with E-state index in [1.807, 2.05) is 18.2 Å². The number of rotatable bonds is 3. The zero-order chi connectivity index (χ0) is 13.1. The first-order valence-electron chi connectivity index (χ1n) is 5.71. The first-order valence-corrected chi connectivity index (χ1v) is 6.59. The van der Waals surface area contributed by atoms with Gasteiger partial charge in [-0.25, -0.2) is 4.98 Å². The molecule has 0 radical (unpaired) electrons. The summed E-state index contributed by atoms with van der Waals surface area (Å²) >= 11 is 1.40. The maximum atomic E-state index is 5.51. The number of nitrogens with two attached hydrogens (primary N) is 1. The Kier molecular flexibility index (Phi) is 3.20. The van der Waals surface area contributed by atoms with Gasteiger partial charge in [0.05, 0.1) is 6.21 Å². The molecule has 19 heavy (non-hydrogen) atoms. The average molecular weight is 276 g/mol. The first-order chi connectivity index (χ1) is 9.31. The Morgan fingerprint density at radius 3 is 2.95 bits per heavy atom. The Hall–Kier alpha value is -2.28. The largest absolute Gasteiger partial charge is 0.486 e. The average Bonchev–Trinajstić information content (AvgIpc) is 2.84. The molecule has 98 valence electrons. The van der Waals surface area contributed by atoms with Gasteiger partial charge in [-0.3, -0.25) is 5.43 Å². The van der Waals surface area contributed by atoms with Gasteiger partial charge < -0.3 is 15.2 Å². The van der Waals surface area contributed by atoms with Gasteiger partial charge in [-0.2, -0.15) is 5.10 Å². The lowest BCUT2D eigenvalue weighted by Gasteiger charge is -2.18. The molecule has 1 aromatic heterocycles. The van der Waals surface area contributed by atoms with E-state index in [-0.39, 0.29) is 0 Å². The standard InChI is InChI=1S/C12H12N4O2S/c13-11-7-19-12(15-11)16-14-6-8-1-2-9-10(5-8)18-4-3-17-9/h1-2,5-7H,3-4,13H2,(H,15,16). The van der Waals surface area contributed by atoms with Crippen LogP contribution in [0.15, 0.2) is 28.7 Å². The Bertz CT molecular complexity index is 612. The molecule has 6 nitrogen and oxygen atoms in total. The second-order valence-electron chi connectivity index (χ2n) is 3.85. The van der Waals surface area contributed by atoms with E-state index in [0.29, 0.717) is 24.2 Å². The van der Waals surface area contributed by atoms with Crippen molar-refractivity contribution in [1.82, 2.24) is 4.98 Å². The minimum atomic E-state index is 0.488. The number of hydrogen-bond acceptors (Lipinski definition) is 7. The van der Waals surface area contributed by atoms with Gasteiger partial charge in [-0.1, -0.05) is 0 Å². The number of nitrogens with zero attached hydrogens (tertiary/aromatic N) is 2. The van der Waals surface area contributed by atoms with E-state index in [1.165, 1.54) is 11.3 Å². The number of hydrazone groups is 1. The quantitative estimate of drug-likeness (QED) is 0.661. The van der Waals surface area contributed by atoms with E-state index in [4.69, 9.17) is 15.2 Å². The highest BCUT2D eigenvalue weighted by Crippen LogP contribution is 2.30. The van der Waals surface area contributed by atoms with Crippen molar-refractivity contribution in [1.29, 1.82) is 0 Å². The summed E-state index contributed by atoms with van der Waals surface area (Å²) in [5, 5.41) is 6.51. The zero-order valence-electron chi connectivity index (χ0n) is 10.00. The Morgan fingerprint density at radius 2 is 2.16 bits per heavy atom. The molecule has 0 amide bonds. The third kappa shape index (κ3) is 2.76. The second-order valence-corrected chi connectivity index (χ2v) is 4.71. The number of aromatic nitrogens is 1. The molecule has 2 aromatic rings. The van der Waals surface area contributed by atoms with Crippen LogP contribution in [0, 0.1) is 0 Å². The smallest absolute Gasteiger partial charge is 0.205 e. The molecule has 1 aliphatic rings. The van der Waals surface area contributed by atoms with Crippen LogP contribution in [0.3, 0.4) is 0 Å². The van der Waals surface area contributed by atoms with E-state index in [2.05, 4.69) is 15.5 Å². The van der Waals surface area contributed by atoms with Crippen molar-refractivity contribution in [3.63, 3.8) is 0 Å². The number of thiazole rings is 1. The molecule has 3 N–H and O–H groups in total. The molecule has 0 bridgehead atoms. The fraction of sp³-hybridized carbons (Fsp3) is 0.167. The summed E-state index contributed by atoms with van der Waals surface area (Å²) in [5.74, 6) is 2.00. The normalized spacial score (nSPS) is 13.7. The Balaban J connectivity index is 1.69. The number of hydrogen-bond donors (Lipinski definition) is 2. The highest BCUT2D eigenvalue weighted by Gasteiger charge is 2.10. The van der Waals surface area contributed by atoms with Gasteiger partial charge in [-0.15, -0.1) is 11.3 Å². The minimum absolute atomic E-state index is 0.488. The highest BCUT2D eigenvalue weighted by molar-refractivity contribution is 7.14. The summed E-state index contributed by atoms with van der Waals surface area (Å²) in [6.07, 6.45) is 1.69. The van der Waals surface area contributed by atoms with Gasteiger partial charge in [0.2, 0.25) is 5.13 Å². The summed E-state index contributed by atoms with van der Waals surface area (Å²) in [7, 11) is 0. The molecule has 1 aromatic carbocycles. The maximum Gasteiger partial charge on any atom is 0.205 e. The number of ether oxygens (including phenoxy) is 2. The molecular weight excluding hydrogens is 264 g/mol. The van der Waals surface area contributed by atoms with Crippen molar-refractivity contribution in [3.05, 3.63) is 29.1 Å². The lowest BCUT2D eigenvalue weighted by Crippen LogP contribution is -2.15. The molecule has 0 saturated carbocycles. The molecule has 2 heterocycles. The van der Waals surface area contributed by atoms with Crippen molar-refractivity contribution < 1.29 is 9.47 Å². The number of nitrogens with one attached hydrogen (secondary N) is 1. The molecule has 0 fully saturated rings. The Labute approximate surface area is 113 Å². The Morgan fingerprint density at radius 1 is 1.32 bits per heavy atom. The molecule has 1 aliphatic heterocycles. The molecule has 0 spiro atoms. The fourth-order valence-electron chi connectivity index (χ4n) is 1.64. The predicted molar refractivity (Wildman–Crippen MR) is 75.2 cm³/mol. The van der Waals surface area contributed by atoms with E-state index in [9.17, 15) is 0 Å². The summed E-state index contributed by atoms with van der Waals surface area (Å²) in [4.78, 5) is 4.04. The van der Waals surface area contributed by atoms with E-state index in [1.54, 1.807) is 11.6 Å². The lowest BCUT2D eigenvalue weighted by molar-refractivity contribution is 0.171. The van der Waals surface area contributed by atoms with Gasteiger partial charge in [0, 0.05) is 5.38 Å². The summed E-state index contributed by atoms with van der Waals surface area (Å²) in [5.41, 5.74) is 9.25. The van der Waals surface area contributed by atoms with Crippen molar-refractivity contribution in [3.8, 4) is 11.5 Å². The molecule has 0 aliphatic carbocycles. The first kappa shape index (κ1) is 11.8. The van der Waals surface area contributed by atoms with Crippen LogP contribution in [0.25, 0.3) is 0 Å². The monoisotopic (exact) mass is 276 g/mol. The third-order valence-corrected chi connectivity index (χ3v) is 3.23. The number of anilines is 2. The van der Waals surface area contributed by atoms with Crippen LogP contribution in [0.5, 0.6) is 11.5 Å². The lowest BCUT2D eigenvalue weighted by atomic mass is 10.2. The maximum absolute atomic E-state index is 5.51. The molecular formula is C12H12N4O2S. The summed E-state index contributed by atoms with van der Waals surface area (Å²) in [6.45, 7) is 1.16. The highest BCUT2D eigenvalue weighted by atomic mass is 32.1. The van der Waals surface area contributed by atoms with Crippen LogP contribution in [-0.2, 0) is 0 Å². The number of nitrogen functional groups attached to an aromatic ring is 1. The predicted octanol–water partition coefficient (Wildman–Crippen LogP) is 1.94. The van der Waals surface area contributed by atoms with Crippen LogP contribution >= 0.6 is 11.3 Å². The second kappa shape index (κ2) is 5.15. The van der Waals surface area contributed by atoms with Gasteiger partial charge in [0.1, 0.15) is 19.0 Å². The van der Waals surface area contributed by atoms with Crippen molar-refractivity contribution in [2.45, 2.75) is 0 Å². The van der Waals surface area contributed by atoms with Crippen molar-refractivity contribution >= 4 is 28.5 Å². The van der Waals surface area contributed by atoms with Gasteiger partial charge in [-0.05, 0) is 23.8 Å². The summed E-state index contributed by atoms with van der Waals surface area (Å²) < 4.78 is 10.9. The minimum Gasteiger partial charge on any atom is -0.486 e. The summed E-state index contributed by atoms with van der Waals surface area (Å²) in [6, 6.07) is 5.67. The van der Waals surface area contributed by atoms with E-state index < -0.39 is 0 Å². The van der Waals surface area contributed by atoms with E-state index in [0.717, 1.165) is 17.1 Å². The van der Waals surface area contributed by atoms with E-state index >= 15 is 0 Å². The topological polar surface area (TPSA) is 81.8 Å². The number of fused-ring (bicyclic) bond motifs is 1. The molecule has 3 rings (SSSR count). The zero-order valence-corrected chi connectivity index (χ0v) is 10.8. The van der Waals surface area contributed by atoms with Crippen LogP contribution in [0.2, 0.25) is 0 Å².